The lowest BCUT2D eigenvalue weighted by molar-refractivity contribution is -0.290. The second kappa shape index (κ2) is 9.05. The lowest BCUT2D eigenvalue weighted by Gasteiger charge is -2.29. The van der Waals surface area contributed by atoms with Crippen LogP contribution in [0.1, 0.15) is 11.1 Å². The van der Waals surface area contributed by atoms with Crippen LogP contribution in [0.5, 0.6) is 23.3 Å². The molecule has 150 valence electrons. The molecule has 0 spiro atoms. The predicted molar refractivity (Wildman–Crippen MR) is 106 cm³/mol. The third-order valence-corrected chi connectivity index (χ3v) is 4.19. The Kier molecular flexibility index (Phi) is 5.85. The second-order valence-corrected chi connectivity index (χ2v) is 6.09. The van der Waals surface area contributed by atoms with Crippen molar-refractivity contribution in [2.45, 2.75) is 6.29 Å². The highest BCUT2D eigenvalue weighted by Crippen LogP contribution is 2.35. The standard InChI is InChI=1S/C22H17N3O5/c1-26-12-17(22-27-14-28-22)16-7-3-5-9-19(16)30-21-10-20(24-13-25-21)29-18-8-4-2-6-15(18)11-23/h2-10,12-13,22H,14H2,1H3/b17-12+. The van der Waals surface area contributed by atoms with Crippen LogP contribution in [-0.4, -0.2) is 30.2 Å². The molecule has 1 aromatic heterocycles. The van der Waals surface area contributed by atoms with E-state index in [0.29, 0.717) is 22.6 Å². The molecule has 1 aliphatic rings. The van der Waals surface area contributed by atoms with Crippen molar-refractivity contribution in [2.75, 3.05) is 13.9 Å². The van der Waals surface area contributed by atoms with E-state index in [1.165, 1.54) is 6.33 Å². The average Bonchev–Trinajstić information content (AvgIpc) is 2.73. The summed E-state index contributed by atoms with van der Waals surface area (Å²) < 4.78 is 27.7. The molecule has 4 rings (SSSR count). The van der Waals surface area contributed by atoms with Gasteiger partial charge in [0.05, 0.1) is 30.6 Å². The van der Waals surface area contributed by atoms with E-state index >= 15 is 0 Å². The first-order valence-corrected chi connectivity index (χ1v) is 9.01. The van der Waals surface area contributed by atoms with Crippen LogP contribution in [0.3, 0.4) is 0 Å². The van der Waals surface area contributed by atoms with Crippen molar-refractivity contribution >= 4 is 5.57 Å². The van der Waals surface area contributed by atoms with Gasteiger partial charge in [0.1, 0.15) is 23.9 Å². The Hall–Kier alpha value is -3.93. The molecule has 8 heteroatoms. The van der Waals surface area contributed by atoms with Gasteiger partial charge in [0, 0.05) is 5.56 Å². The molecule has 0 unspecified atom stereocenters. The molecule has 2 aromatic carbocycles. The van der Waals surface area contributed by atoms with E-state index in [4.69, 9.17) is 23.7 Å². The second-order valence-electron chi connectivity index (χ2n) is 6.09. The predicted octanol–water partition coefficient (Wildman–Crippen LogP) is 4.25. The minimum Gasteiger partial charge on any atom is -0.504 e. The fourth-order valence-electron chi connectivity index (χ4n) is 2.79. The molecule has 0 atom stereocenters. The van der Waals surface area contributed by atoms with Gasteiger partial charge in [-0.1, -0.05) is 30.3 Å². The number of benzene rings is 2. The number of hydrogen-bond donors (Lipinski definition) is 0. The molecule has 1 saturated heterocycles. The van der Waals surface area contributed by atoms with Crippen LogP contribution in [0.25, 0.3) is 5.57 Å². The highest BCUT2D eigenvalue weighted by molar-refractivity contribution is 5.72. The summed E-state index contributed by atoms with van der Waals surface area (Å²) in [4.78, 5) is 8.25. The maximum atomic E-state index is 9.22. The quantitative estimate of drug-likeness (QED) is 0.540. The molecule has 0 aliphatic carbocycles. The zero-order chi connectivity index (χ0) is 20.8. The van der Waals surface area contributed by atoms with Gasteiger partial charge in [-0.2, -0.15) is 5.26 Å². The molecule has 8 nitrogen and oxygen atoms in total. The van der Waals surface area contributed by atoms with Gasteiger partial charge in [0.25, 0.3) is 0 Å². The Morgan fingerprint density at radius 3 is 2.37 bits per heavy atom. The van der Waals surface area contributed by atoms with Crippen LogP contribution < -0.4 is 9.47 Å². The van der Waals surface area contributed by atoms with Gasteiger partial charge in [-0.25, -0.2) is 9.97 Å². The van der Waals surface area contributed by atoms with Crippen molar-refractivity contribution in [1.82, 2.24) is 9.97 Å². The number of aromatic nitrogens is 2. The average molecular weight is 403 g/mol. The van der Waals surface area contributed by atoms with Gasteiger partial charge in [-0.05, 0) is 18.2 Å². The molecule has 0 N–H and O–H groups in total. The summed E-state index contributed by atoms with van der Waals surface area (Å²) in [5, 5.41) is 9.22. The summed E-state index contributed by atoms with van der Waals surface area (Å²) in [5.41, 5.74) is 1.83. The number of nitrogens with zero attached hydrogens (tertiary/aromatic N) is 3. The van der Waals surface area contributed by atoms with Gasteiger partial charge >= 0.3 is 0 Å². The van der Waals surface area contributed by atoms with Crippen molar-refractivity contribution in [1.29, 1.82) is 5.26 Å². The van der Waals surface area contributed by atoms with Gasteiger partial charge < -0.3 is 23.7 Å². The van der Waals surface area contributed by atoms with Crippen LogP contribution in [0.15, 0.2) is 67.2 Å². The van der Waals surface area contributed by atoms with Crippen LogP contribution in [-0.2, 0) is 14.2 Å². The molecule has 1 fully saturated rings. The monoisotopic (exact) mass is 403 g/mol. The highest BCUT2D eigenvalue weighted by atomic mass is 16.8. The molecule has 0 saturated carbocycles. The summed E-state index contributed by atoms with van der Waals surface area (Å²) >= 11 is 0. The summed E-state index contributed by atoms with van der Waals surface area (Å²) in [6.07, 6.45) is 2.35. The number of ether oxygens (including phenoxy) is 5. The van der Waals surface area contributed by atoms with Crippen molar-refractivity contribution < 1.29 is 23.7 Å². The van der Waals surface area contributed by atoms with Gasteiger partial charge in [0.15, 0.2) is 13.1 Å². The summed E-state index contributed by atoms with van der Waals surface area (Å²) in [5.74, 6) is 1.45. The van der Waals surface area contributed by atoms with E-state index in [9.17, 15) is 5.26 Å². The summed E-state index contributed by atoms with van der Waals surface area (Å²) in [6, 6.07) is 17.9. The minimum atomic E-state index is -0.526. The number of nitriles is 1. The number of methoxy groups -OCH3 is 1. The fourth-order valence-corrected chi connectivity index (χ4v) is 2.79. The third kappa shape index (κ3) is 4.22. The number of hydrogen-bond acceptors (Lipinski definition) is 8. The lowest BCUT2D eigenvalue weighted by Crippen LogP contribution is -2.31. The van der Waals surface area contributed by atoms with E-state index in [1.54, 1.807) is 49.8 Å². The molecule has 0 bridgehead atoms. The Morgan fingerprint density at radius 1 is 1.03 bits per heavy atom. The zero-order valence-corrected chi connectivity index (χ0v) is 16.0. The highest BCUT2D eigenvalue weighted by Gasteiger charge is 2.27. The summed E-state index contributed by atoms with van der Waals surface area (Å²) in [6.45, 7) is 0.228. The number of para-hydroxylation sites is 2. The SMILES string of the molecule is CO/C=C(\c1ccccc1Oc1cc(Oc2ccccc2C#N)ncn1)C1OCO1. The Bertz CT molecular complexity index is 1110. The maximum Gasteiger partial charge on any atom is 0.226 e. The molecule has 0 amide bonds. The molecule has 30 heavy (non-hydrogen) atoms. The van der Waals surface area contributed by atoms with Crippen molar-refractivity contribution in [3.8, 4) is 29.3 Å². The van der Waals surface area contributed by atoms with Crippen LogP contribution >= 0.6 is 0 Å². The molecule has 1 aliphatic heterocycles. The maximum absolute atomic E-state index is 9.22. The Morgan fingerprint density at radius 2 is 1.70 bits per heavy atom. The van der Waals surface area contributed by atoms with E-state index in [0.717, 1.165) is 5.56 Å². The fraction of sp³-hybridized carbons (Fsp3) is 0.136. The van der Waals surface area contributed by atoms with Gasteiger partial charge in [-0.15, -0.1) is 0 Å². The van der Waals surface area contributed by atoms with E-state index < -0.39 is 6.29 Å². The Labute approximate surface area is 172 Å². The first-order valence-electron chi connectivity index (χ1n) is 9.01. The smallest absolute Gasteiger partial charge is 0.226 e. The minimum absolute atomic E-state index is 0.228. The molecule has 2 heterocycles. The van der Waals surface area contributed by atoms with Crippen LogP contribution in [0.2, 0.25) is 0 Å². The largest absolute Gasteiger partial charge is 0.504 e. The van der Waals surface area contributed by atoms with E-state index in [2.05, 4.69) is 16.0 Å². The number of rotatable bonds is 7. The van der Waals surface area contributed by atoms with E-state index in [-0.39, 0.29) is 18.6 Å². The first kappa shape index (κ1) is 19.4. The molecular weight excluding hydrogens is 386 g/mol. The van der Waals surface area contributed by atoms with Gasteiger partial charge in [0.2, 0.25) is 11.8 Å². The zero-order valence-electron chi connectivity index (χ0n) is 16.0. The van der Waals surface area contributed by atoms with Crippen LogP contribution in [0.4, 0.5) is 0 Å². The summed E-state index contributed by atoms with van der Waals surface area (Å²) in [7, 11) is 1.55. The normalized spacial score (nSPS) is 13.8. The lowest BCUT2D eigenvalue weighted by atomic mass is 10.1. The Balaban J connectivity index is 1.59. The van der Waals surface area contributed by atoms with E-state index in [1.807, 2.05) is 18.2 Å². The topological polar surface area (TPSA) is 95.7 Å². The molecule has 0 radical (unpaired) electrons. The van der Waals surface area contributed by atoms with Gasteiger partial charge in [-0.3, -0.25) is 0 Å². The first-order chi connectivity index (χ1) is 14.8. The van der Waals surface area contributed by atoms with Crippen LogP contribution in [0, 0.1) is 11.3 Å². The third-order valence-electron chi connectivity index (χ3n) is 4.19. The molecular formula is C22H17N3O5. The van der Waals surface area contributed by atoms with Crippen molar-refractivity contribution in [2.24, 2.45) is 0 Å². The molecule has 3 aromatic rings. The van der Waals surface area contributed by atoms with Crippen molar-refractivity contribution in [3.05, 3.63) is 78.3 Å². The van der Waals surface area contributed by atoms with Crippen molar-refractivity contribution in [3.63, 3.8) is 0 Å².